The number of methoxy groups -OCH3 is 1. The van der Waals surface area contributed by atoms with E-state index in [1.54, 1.807) is 0 Å². The zero-order chi connectivity index (χ0) is 9.40. The van der Waals surface area contributed by atoms with Crippen LogP contribution in [0.3, 0.4) is 0 Å². The first-order valence-corrected chi connectivity index (χ1v) is 5.40. The fourth-order valence-electron chi connectivity index (χ4n) is 0.598. The van der Waals surface area contributed by atoms with Crippen LogP contribution in [-0.2, 0) is 18.8 Å². The van der Waals surface area contributed by atoms with Gasteiger partial charge in [-0.3, -0.25) is 0 Å². The molecule has 0 heterocycles. The lowest BCUT2D eigenvalue weighted by Crippen LogP contribution is -2.05. The Morgan fingerprint density at radius 1 is 1.50 bits per heavy atom. The molecule has 0 bridgehead atoms. The molecule has 0 saturated heterocycles. The Hall–Kier alpha value is -0.470. The lowest BCUT2D eigenvalue weighted by Gasteiger charge is -1.92. The van der Waals surface area contributed by atoms with Gasteiger partial charge in [-0.15, -0.1) is 0 Å². The van der Waals surface area contributed by atoms with Crippen LogP contribution in [0.15, 0.2) is 0 Å². The van der Waals surface area contributed by atoms with Crippen molar-refractivity contribution < 1.29 is 18.8 Å². The number of hydrogen-bond donors (Lipinski definition) is 0. The number of esters is 1. The van der Waals surface area contributed by atoms with Crippen LogP contribution in [0, 0.1) is 0 Å². The number of carbonyl (C=O) groups is 1. The zero-order valence-electron chi connectivity index (χ0n) is 7.41. The van der Waals surface area contributed by atoms with Crippen LogP contribution in [-0.4, -0.2) is 38.6 Å². The van der Waals surface area contributed by atoms with Crippen LogP contribution in [0.1, 0.15) is 6.92 Å². The van der Waals surface area contributed by atoms with Gasteiger partial charge in [0.2, 0.25) is 6.16 Å². The van der Waals surface area contributed by atoms with Crippen molar-refractivity contribution in [3.63, 3.8) is 0 Å². The monoisotopic (exact) mass is 193 g/mol. The third-order valence-corrected chi connectivity index (χ3v) is 2.51. The maximum absolute atomic E-state index is 11.1. The molecule has 0 spiro atoms. The summed E-state index contributed by atoms with van der Waals surface area (Å²) in [6.45, 7) is 2.93. The Labute approximate surface area is 73.0 Å². The van der Waals surface area contributed by atoms with Gasteiger partial charge in [-0.05, 0) is 6.92 Å². The Kier molecular flexibility index (Phi) is 6.91. The van der Waals surface area contributed by atoms with Crippen molar-refractivity contribution in [1.29, 1.82) is 0 Å². The van der Waals surface area contributed by atoms with E-state index >= 15 is 0 Å². The highest BCUT2D eigenvalue weighted by Crippen LogP contribution is 2.19. The average Bonchev–Trinajstić information content (AvgIpc) is 2.05. The molecule has 0 radical (unpaired) electrons. The summed E-state index contributed by atoms with van der Waals surface area (Å²) in [5.41, 5.74) is 0. The predicted octanol–water partition coefficient (Wildman–Crippen LogP) is 1.02. The minimum Gasteiger partial charge on any atom is -0.466 e. The van der Waals surface area contributed by atoms with Gasteiger partial charge in [0.1, 0.15) is 0 Å². The largest absolute Gasteiger partial charge is 0.466 e. The van der Waals surface area contributed by atoms with Gasteiger partial charge in [0.15, 0.2) is 6.16 Å². The van der Waals surface area contributed by atoms with Crippen molar-refractivity contribution in [2.24, 2.45) is 0 Å². The summed E-state index contributed by atoms with van der Waals surface area (Å²) >= 11 is 0. The third-order valence-electron chi connectivity index (χ3n) is 1.22. The van der Waals surface area contributed by atoms with Crippen LogP contribution < -0.4 is 0 Å². The number of ether oxygens (including phenoxy) is 2. The maximum Gasteiger partial charge on any atom is 0.354 e. The first kappa shape index (κ1) is 11.5. The molecule has 0 aliphatic carbocycles. The Balaban J connectivity index is 3.40. The summed E-state index contributed by atoms with van der Waals surface area (Å²) in [7, 11) is -0.201. The molecule has 0 amide bonds. The van der Waals surface area contributed by atoms with Gasteiger partial charge >= 0.3 is 13.8 Å². The van der Waals surface area contributed by atoms with Gasteiger partial charge in [0.05, 0.1) is 13.7 Å². The molecule has 0 rings (SSSR count). The second-order valence-electron chi connectivity index (χ2n) is 2.14. The van der Waals surface area contributed by atoms with Gasteiger partial charge in [-0.1, -0.05) is 4.57 Å². The molecule has 0 aliphatic rings. The SMILES string of the molecule is CCOCC[P+](=O)CC(=O)OC. The summed E-state index contributed by atoms with van der Waals surface area (Å²) in [6, 6.07) is 0. The fraction of sp³-hybridized carbons (Fsp3) is 0.857. The van der Waals surface area contributed by atoms with Crippen molar-refractivity contribution in [3.05, 3.63) is 0 Å². The van der Waals surface area contributed by atoms with Crippen LogP contribution in [0.4, 0.5) is 0 Å². The molecule has 5 heteroatoms. The van der Waals surface area contributed by atoms with Crippen molar-refractivity contribution in [3.8, 4) is 0 Å². The molecule has 0 N–H and O–H groups in total. The molecule has 70 valence electrons. The highest BCUT2D eigenvalue weighted by molar-refractivity contribution is 7.45. The van der Waals surface area contributed by atoms with Crippen molar-refractivity contribution in [1.82, 2.24) is 0 Å². The quantitative estimate of drug-likeness (QED) is 0.359. The third kappa shape index (κ3) is 6.25. The molecule has 12 heavy (non-hydrogen) atoms. The van der Waals surface area contributed by atoms with Crippen molar-refractivity contribution >= 4 is 13.8 Å². The highest BCUT2D eigenvalue weighted by atomic mass is 31.1. The van der Waals surface area contributed by atoms with Crippen molar-refractivity contribution in [2.45, 2.75) is 6.92 Å². The lowest BCUT2D eigenvalue weighted by atomic mass is 10.8. The van der Waals surface area contributed by atoms with Crippen LogP contribution >= 0.6 is 7.80 Å². The molecule has 0 saturated carbocycles. The molecule has 1 atom stereocenters. The van der Waals surface area contributed by atoms with Crippen molar-refractivity contribution in [2.75, 3.05) is 32.6 Å². The van der Waals surface area contributed by atoms with Crippen LogP contribution in [0.5, 0.6) is 0 Å². The van der Waals surface area contributed by atoms with Gasteiger partial charge in [-0.25, -0.2) is 4.79 Å². The molecular formula is C7H14O4P+. The molecule has 0 aromatic heterocycles. The van der Waals surface area contributed by atoms with Gasteiger partial charge < -0.3 is 9.47 Å². The van der Waals surface area contributed by atoms with E-state index in [0.717, 1.165) is 0 Å². The van der Waals surface area contributed by atoms with Gasteiger partial charge in [0, 0.05) is 6.61 Å². The molecule has 4 nitrogen and oxygen atoms in total. The Morgan fingerprint density at radius 2 is 2.17 bits per heavy atom. The van der Waals surface area contributed by atoms with Crippen LogP contribution in [0.2, 0.25) is 0 Å². The first-order valence-electron chi connectivity index (χ1n) is 3.77. The van der Waals surface area contributed by atoms with E-state index in [0.29, 0.717) is 19.4 Å². The maximum atomic E-state index is 11.1. The fourth-order valence-corrected chi connectivity index (χ4v) is 1.51. The average molecular weight is 193 g/mol. The van der Waals surface area contributed by atoms with Gasteiger partial charge in [-0.2, -0.15) is 0 Å². The van der Waals surface area contributed by atoms with E-state index < -0.39 is 13.8 Å². The summed E-state index contributed by atoms with van der Waals surface area (Å²) in [5.74, 6) is -0.424. The molecule has 1 unspecified atom stereocenters. The normalized spacial score (nSPS) is 11.0. The molecular weight excluding hydrogens is 179 g/mol. The second kappa shape index (κ2) is 7.19. The number of carbonyl (C=O) groups excluding carboxylic acids is 1. The topological polar surface area (TPSA) is 52.6 Å². The van der Waals surface area contributed by atoms with E-state index in [1.165, 1.54) is 7.11 Å². The summed E-state index contributed by atoms with van der Waals surface area (Å²) in [4.78, 5) is 10.6. The predicted molar refractivity (Wildman–Crippen MR) is 45.8 cm³/mol. The second-order valence-corrected chi connectivity index (χ2v) is 3.86. The summed E-state index contributed by atoms with van der Waals surface area (Å²) in [6.07, 6.45) is 0.428. The number of rotatable bonds is 6. The standard InChI is InChI=1S/C7H14O4P/c1-3-11-4-5-12(9)6-7(8)10-2/h3-6H2,1-2H3/q+1. The molecule has 0 aliphatic heterocycles. The Bertz CT molecular complexity index is 157. The Morgan fingerprint density at radius 3 is 2.67 bits per heavy atom. The minimum atomic E-state index is -1.49. The smallest absolute Gasteiger partial charge is 0.354 e. The van der Waals surface area contributed by atoms with E-state index in [4.69, 9.17) is 4.74 Å². The zero-order valence-corrected chi connectivity index (χ0v) is 8.30. The van der Waals surface area contributed by atoms with E-state index in [9.17, 15) is 9.36 Å². The van der Waals surface area contributed by atoms with Gasteiger partial charge in [0.25, 0.3) is 0 Å². The van der Waals surface area contributed by atoms with Crippen LogP contribution in [0.25, 0.3) is 0 Å². The summed E-state index contributed by atoms with van der Waals surface area (Å²) in [5, 5.41) is 0. The number of hydrogen-bond acceptors (Lipinski definition) is 4. The minimum absolute atomic E-state index is 0.00108. The first-order chi connectivity index (χ1) is 5.70. The molecule has 0 aromatic rings. The van der Waals surface area contributed by atoms with E-state index in [2.05, 4.69) is 4.74 Å². The highest BCUT2D eigenvalue weighted by Gasteiger charge is 2.20. The van der Waals surface area contributed by atoms with E-state index in [-0.39, 0.29) is 6.16 Å². The molecule has 0 fully saturated rings. The lowest BCUT2D eigenvalue weighted by molar-refractivity contribution is -0.137. The summed E-state index contributed by atoms with van der Waals surface area (Å²) < 4.78 is 20.4. The molecule has 0 aromatic carbocycles. The van der Waals surface area contributed by atoms with E-state index in [1.807, 2.05) is 6.92 Å².